The van der Waals surface area contributed by atoms with Crippen LogP contribution in [0.1, 0.15) is 63.2 Å². The lowest BCUT2D eigenvalue weighted by Crippen LogP contribution is -2.23. The summed E-state index contributed by atoms with van der Waals surface area (Å²) >= 11 is 3.18. The average Bonchev–Trinajstić information content (AvgIpc) is 4.04. The molecule has 0 saturated heterocycles. The fourth-order valence-corrected chi connectivity index (χ4v) is 10.4. The first-order valence-corrected chi connectivity index (χ1v) is 20.5. The number of nitrogens with zero attached hydrogens (tertiary/aromatic N) is 8. The van der Waals surface area contributed by atoms with E-state index in [4.69, 9.17) is 14.2 Å². The molecule has 10 rings (SSSR count). The van der Waals surface area contributed by atoms with Crippen LogP contribution in [0.3, 0.4) is 0 Å². The molecule has 8 heterocycles. The van der Waals surface area contributed by atoms with Crippen molar-refractivity contribution in [1.29, 1.82) is 0 Å². The number of aliphatic imine (C=N–C) groups is 2. The van der Waals surface area contributed by atoms with E-state index in [1.807, 2.05) is 25.3 Å². The number of thiophene rings is 2. The van der Waals surface area contributed by atoms with E-state index in [2.05, 4.69) is 50.5 Å². The van der Waals surface area contributed by atoms with Crippen molar-refractivity contribution < 1.29 is 28.9 Å². The number of aryl methyl sites for hydroxylation is 2. The van der Waals surface area contributed by atoms with Crippen LogP contribution >= 0.6 is 22.7 Å². The van der Waals surface area contributed by atoms with Gasteiger partial charge in [-0.2, -0.15) is 0 Å². The van der Waals surface area contributed by atoms with Gasteiger partial charge in [-0.05, 0) is 68.7 Å². The van der Waals surface area contributed by atoms with Gasteiger partial charge in [-0.3, -0.25) is 19.6 Å². The lowest BCUT2D eigenvalue weighted by atomic mass is 9.88. The van der Waals surface area contributed by atoms with Crippen LogP contribution in [-0.2, 0) is 53.1 Å². The Bertz CT molecular complexity index is 2680. The molecule has 0 bridgehead atoms. The number of ether oxygens (including phenoxy) is 3. The zero-order valence-corrected chi connectivity index (χ0v) is 33.5. The Kier molecular flexibility index (Phi) is 10.1. The summed E-state index contributed by atoms with van der Waals surface area (Å²) < 4.78 is 16.2. The topological polar surface area (TPSA) is 208 Å². The summed E-state index contributed by atoms with van der Waals surface area (Å²) in [4.78, 5) is 63.1. The lowest BCUT2D eigenvalue weighted by Gasteiger charge is -2.20. The largest absolute Gasteiger partial charge is 0.481 e. The van der Waals surface area contributed by atoms with Gasteiger partial charge in [0.15, 0.2) is 0 Å². The molecule has 0 saturated carbocycles. The number of nitrogens with one attached hydrogen (secondary N) is 2. The number of carbonyl (C=O) groups is 2. The van der Waals surface area contributed by atoms with Crippen LogP contribution in [0.4, 0.5) is 23.0 Å². The van der Waals surface area contributed by atoms with E-state index < -0.39 is 5.97 Å². The van der Waals surface area contributed by atoms with Gasteiger partial charge in [0.1, 0.15) is 45.3 Å². The molecule has 296 valence electrons. The number of hydrogen-bond acceptors (Lipinski definition) is 17. The monoisotopic (exact) mass is 818 g/mol. The van der Waals surface area contributed by atoms with Crippen LogP contribution in [0, 0.1) is 11.8 Å². The van der Waals surface area contributed by atoms with Crippen molar-refractivity contribution in [3.05, 3.63) is 68.2 Å². The van der Waals surface area contributed by atoms with Gasteiger partial charge in [0.25, 0.3) is 0 Å². The molecule has 6 aromatic rings. The minimum absolute atomic E-state index is 0.0878. The smallest absolute Gasteiger partial charge is 0.309 e. The fourth-order valence-electron chi connectivity index (χ4n) is 7.86. The summed E-state index contributed by atoms with van der Waals surface area (Å²) in [5, 5.41) is 18.1. The predicted octanol–water partition coefficient (Wildman–Crippen LogP) is 6.40. The Hall–Kier alpha value is -6.14. The first kappa shape index (κ1) is 37.4. The van der Waals surface area contributed by atoms with Crippen molar-refractivity contribution in [3.63, 3.8) is 0 Å². The molecule has 0 amide bonds. The number of esters is 1. The SMILES string of the molecule is CCOC(=O)[C@H]1CCc2c(sc3ncnc(Nc4cc5c(nc4OC)CN=C5)c23)C1.COc1nc2c(cc1Nc1ncnc3sc4c(c13)CC[C@H](C(=O)O)C4)C=NC2. The Morgan fingerprint density at radius 3 is 1.74 bits per heavy atom. The van der Waals surface area contributed by atoms with Crippen molar-refractivity contribution in [2.45, 2.75) is 58.5 Å². The second-order valence-corrected chi connectivity index (χ2v) is 16.3. The maximum absolute atomic E-state index is 12.2. The van der Waals surface area contributed by atoms with Gasteiger partial charge in [0.2, 0.25) is 11.8 Å². The van der Waals surface area contributed by atoms with Crippen molar-refractivity contribution >= 4 is 90.5 Å². The van der Waals surface area contributed by atoms with E-state index in [1.165, 1.54) is 16.8 Å². The summed E-state index contributed by atoms with van der Waals surface area (Å²) in [6, 6.07) is 3.95. The second-order valence-electron chi connectivity index (χ2n) is 14.1. The first-order valence-electron chi connectivity index (χ1n) is 18.9. The van der Waals surface area contributed by atoms with Gasteiger partial charge < -0.3 is 30.0 Å². The van der Waals surface area contributed by atoms with Crippen LogP contribution in [-0.4, -0.2) is 80.2 Å². The summed E-state index contributed by atoms with van der Waals surface area (Å²) in [6.07, 6.45) is 10.9. The molecule has 58 heavy (non-hydrogen) atoms. The van der Waals surface area contributed by atoms with Crippen molar-refractivity contribution in [2.75, 3.05) is 31.5 Å². The number of hydrogen-bond donors (Lipinski definition) is 3. The molecule has 0 unspecified atom stereocenters. The van der Waals surface area contributed by atoms with Crippen molar-refractivity contribution in [1.82, 2.24) is 29.9 Å². The molecule has 18 heteroatoms. The van der Waals surface area contributed by atoms with Crippen LogP contribution in [0.5, 0.6) is 11.8 Å². The molecule has 16 nitrogen and oxygen atoms in total. The molecule has 0 aromatic carbocycles. The van der Waals surface area contributed by atoms with Gasteiger partial charge in [-0.15, -0.1) is 22.7 Å². The molecule has 4 aliphatic rings. The number of anilines is 4. The van der Waals surface area contributed by atoms with Gasteiger partial charge in [0.05, 0.1) is 67.9 Å². The maximum atomic E-state index is 12.2. The molecule has 2 aliphatic heterocycles. The summed E-state index contributed by atoms with van der Waals surface area (Å²) in [7, 11) is 3.19. The summed E-state index contributed by atoms with van der Waals surface area (Å²) in [5.41, 5.74) is 7.56. The number of carboxylic acids is 1. The Morgan fingerprint density at radius 2 is 1.26 bits per heavy atom. The third-order valence-electron chi connectivity index (χ3n) is 10.7. The van der Waals surface area contributed by atoms with E-state index in [1.54, 1.807) is 49.4 Å². The van der Waals surface area contributed by atoms with Crippen molar-refractivity contribution in [3.8, 4) is 11.8 Å². The van der Waals surface area contributed by atoms with Gasteiger partial charge in [-0.25, -0.2) is 29.9 Å². The highest BCUT2D eigenvalue weighted by Gasteiger charge is 2.31. The van der Waals surface area contributed by atoms with Gasteiger partial charge in [0, 0.05) is 33.3 Å². The van der Waals surface area contributed by atoms with E-state index >= 15 is 0 Å². The van der Waals surface area contributed by atoms with Gasteiger partial charge >= 0.3 is 11.9 Å². The number of aromatic nitrogens is 6. The number of pyridine rings is 2. The number of carboxylic acid groups (broad SMARTS) is 1. The normalized spacial score (nSPS) is 17.2. The Labute approximate surface area is 339 Å². The molecular formula is C40H38N10O6S2. The zero-order valence-electron chi connectivity index (χ0n) is 31.9. The standard InChI is InChI=1S/C21H21N5O3S.C19H17N5O3S/c1-3-29-21(27)11-4-5-13-16(7-11)30-20-17(13)18(23-10-24-20)25-14-6-12-8-22-9-15(12)26-19(14)28-2;1-27-17-12(4-10-6-20-7-13(10)24-17)23-16-15-11-3-2-9(19(25)26)5-14(11)28-18(15)22-8-21-16/h6,8,10-11H,3-5,7,9H2,1-2H3,(H,23,24,25);4,6,8-9H,2-3,5,7H2,1H3,(H,25,26)(H,21,22,23)/t11-;9-/m00/s1. The summed E-state index contributed by atoms with van der Waals surface area (Å²) in [5.74, 6) is 1.15. The van der Waals surface area contributed by atoms with Crippen LogP contribution in [0.25, 0.3) is 20.4 Å². The Balaban J connectivity index is 0.000000151. The molecule has 6 aromatic heterocycles. The van der Waals surface area contributed by atoms with Crippen LogP contribution in [0.2, 0.25) is 0 Å². The molecule has 2 atom stereocenters. The van der Waals surface area contributed by atoms with Crippen LogP contribution in [0.15, 0.2) is 34.8 Å². The quantitative estimate of drug-likeness (QED) is 0.135. The Morgan fingerprint density at radius 1 is 0.759 bits per heavy atom. The minimum Gasteiger partial charge on any atom is -0.481 e. The maximum Gasteiger partial charge on any atom is 0.309 e. The summed E-state index contributed by atoms with van der Waals surface area (Å²) in [6.45, 7) is 3.39. The fraction of sp³-hybridized carbons (Fsp3) is 0.350. The minimum atomic E-state index is -0.733. The second kappa shape index (κ2) is 15.7. The van der Waals surface area contributed by atoms with Crippen molar-refractivity contribution in [2.24, 2.45) is 21.8 Å². The highest BCUT2D eigenvalue weighted by atomic mass is 32.1. The van der Waals surface area contributed by atoms with E-state index in [-0.39, 0.29) is 17.8 Å². The van der Waals surface area contributed by atoms with E-state index in [9.17, 15) is 14.7 Å². The third-order valence-corrected chi connectivity index (χ3v) is 13.0. The molecule has 0 spiro atoms. The predicted molar refractivity (Wildman–Crippen MR) is 221 cm³/mol. The first-order chi connectivity index (χ1) is 28.3. The molecular weight excluding hydrogens is 781 g/mol. The van der Waals surface area contributed by atoms with E-state index in [0.717, 1.165) is 77.7 Å². The lowest BCUT2D eigenvalue weighted by molar-refractivity contribution is -0.148. The number of rotatable bonds is 9. The number of aliphatic carboxylic acids is 1. The molecule has 0 fully saturated rings. The number of methoxy groups -OCH3 is 2. The highest BCUT2D eigenvalue weighted by molar-refractivity contribution is 7.19. The van der Waals surface area contributed by atoms with E-state index in [0.29, 0.717) is 68.6 Å². The number of carbonyl (C=O) groups excluding carboxylic acids is 1. The third kappa shape index (κ3) is 6.95. The average molecular weight is 819 g/mol. The number of fused-ring (bicyclic) bond motifs is 8. The van der Waals surface area contributed by atoms with Crippen LogP contribution < -0.4 is 20.1 Å². The molecule has 3 N–H and O–H groups in total. The molecule has 2 aliphatic carbocycles. The molecule has 0 radical (unpaired) electrons. The van der Waals surface area contributed by atoms with Gasteiger partial charge in [-0.1, -0.05) is 0 Å². The zero-order chi connectivity index (χ0) is 39.9. The highest BCUT2D eigenvalue weighted by Crippen LogP contribution is 2.43.